The summed E-state index contributed by atoms with van der Waals surface area (Å²) >= 11 is 0. The van der Waals surface area contributed by atoms with Gasteiger partial charge in [-0.15, -0.1) is 0 Å². The molecule has 0 bridgehead atoms. The molecule has 5 heteroatoms. The van der Waals surface area contributed by atoms with Crippen LogP contribution in [0.2, 0.25) is 0 Å². The van der Waals surface area contributed by atoms with Crippen LogP contribution in [0.15, 0.2) is 60.9 Å². The molecule has 1 fully saturated rings. The molecule has 2 aromatic rings. The van der Waals surface area contributed by atoms with Crippen molar-refractivity contribution in [1.82, 2.24) is 14.5 Å². The van der Waals surface area contributed by atoms with Crippen LogP contribution < -0.4 is 5.32 Å². The van der Waals surface area contributed by atoms with Gasteiger partial charge in [0.2, 0.25) is 0 Å². The van der Waals surface area contributed by atoms with Gasteiger partial charge >= 0.3 is 0 Å². The SMILES string of the molecule is C=Cc1nc(NC(=C)CCCCc2cc3c(cc2C)C(=C)N2CC(=C)CC2C=N3)cn1C. The van der Waals surface area contributed by atoms with Crippen molar-refractivity contribution in [3.8, 4) is 0 Å². The molecule has 1 saturated heterocycles. The first-order chi connectivity index (χ1) is 15.4. The third-order valence-corrected chi connectivity index (χ3v) is 6.36. The van der Waals surface area contributed by atoms with E-state index in [1.807, 2.05) is 17.8 Å². The zero-order valence-electron chi connectivity index (χ0n) is 19.3. The van der Waals surface area contributed by atoms with Crippen molar-refractivity contribution in [2.45, 2.75) is 45.1 Å². The van der Waals surface area contributed by atoms with E-state index in [9.17, 15) is 0 Å². The van der Waals surface area contributed by atoms with Crippen molar-refractivity contribution in [2.75, 3.05) is 11.9 Å². The third-order valence-electron chi connectivity index (χ3n) is 6.36. The molecule has 1 aromatic heterocycles. The van der Waals surface area contributed by atoms with Crippen molar-refractivity contribution < 1.29 is 0 Å². The zero-order valence-corrected chi connectivity index (χ0v) is 19.3. The number of benzene rings is 1. The second-order valence-electron chi connectivity index (χ2n) is 8.91. The molecule has 1 aromatic carbocycles. The highest BCUT2D eigenvalue weighted by Crippen LogP contribution is 2.38. The van der Waals surface area contributed by atoms with Crippen LogP contribution in [-0.4, -0.2) is 33.3 Å². The summed E-state index contributed by atoms with van der Waals surface area (Å²) in [5, 5.41) is 3.31. The van der Waals surface area contributed by atoms with E-state index >= 15 is 0 Å². The number of aliphatic imine (C=N–C) groups is 1. The molecule has 0 radical (unpaired) electrons. The van der Waals surface area contributed by atoms with Crippen molar-refractivity contribution >= 4 is 29.5 Å². The van der Waals surface area contributed by atoms with E-state index in [0.717, 1.165) is 72.9 Å². The standard InChI is InChI=1S/C27H33N5/c1-7-27-30-26(17-31(27)6)29-20(4)10-8-9-11-22-14-25-24(13-19(22)3)21(5)32-16-18(2)12-23(32)15-28-25/h7,13-15,17,23,29H,1-2,4-5,8-12,16H2,3,6H3. The van der Waals surface area contributed by atoms with Crippen LogP contribution in [0.3, 0.4) is 0 Å². The van der Waals surface area contributed by atoms with Crippen LogP contribution in [-0.2, 0) is 13.5 Å². The Morgan fingerprint density at radius 2 is 2.09 bits per heavy atom. The topological polar surface area (TPSA) is 45.5 Å². The van der Waals surface area contributed by atoms with Gasteiger partial charge in [-0.05, 0) is 68.4 Å². The number of imidazole rings is 1. The lowest BCUT2D eigenvalue weighted by atomic mass is 9.97. The van der Waals surface area contributed by atoms with Gasteiger partial charge in [0, 0.05) is 43.0 Å². The van der Waals surface area contributed by atoms with E-state index in [4.69, 9.17) is 4.99 Å². The molecule has 3 heterocycles. The maximum absolute atomic E-state index is 4.83. The lowest BCUT2D eigenvalue weighted by Crippen LogP contribution is -2.27. The summed E-state index contributed by atoms with van der Waals surface area (Å²) in [5.74, 6) is 1.66. The number of unbranched alkanes of at least 4 members (excludes halogenated alkanes) is 1. The molecule has 2 aliphatic rings. The quantitative estimate of drug-likeness (QED) is 0.413. The van der Waals surface area contributed by atoms with E-state index < -0.39 is 0 Å². The molecular formula is C27H33N5. The molecule has 2 aliphatic heterocycles. The van der Waals surface area contributed by atoms with E-state index in [1.165, 1.54) is 16.7 Å². The van der Waals surface area contributed by atoms with Gasteiger partial charge < -0.3 is 14.8 Å². The van der Waals surface area contributed by atoms with Crippen molar-refractivity contribution in [2.24, 2.45) is 12.0 Å². The predicted molar refractivity (Wildman–Crippen MR) is 136 cm³/mol. The minimum atomic E-state index is 0.284. The Balaban J connectivity index is 1.34. The first-order valence-electron chi connectivity index (χ1n) is 11.3. The van der Waals surface area contributed by atoms with Crippen molar-refractivity contribution in [3.05, 3.63) is 78.4 Å². The van der Waals surface area contributed by atoms with Gasteiger partial charge in [0.05, 0.1) is 11.7 Å². The fourth-order valence-electron chi connectivity index (χ4n) is 4.55. The van der Waals surface area contributed by atoms with E-state index in [2.05, 4.69) is 66.8 Å². The minimum Gasteiger partial charge on any atom is -0.359 e. The van der Waals surface area contributed by atoms with Crippen LogP contribution in [0.25, 0.3) is 11.8 Å². The smallest absolute Gasteiger partial charge is 0.149 e. The molecule has 0 spiro atoms. The van der Waals surface area contributed by atoms with Crippen molar-refractivity contribution in [1.29, 1.82) is 0 Å². The summed E-state index contributed by atoms with van der Waals surface area (Å²) in [6.07, 6.45) is 10.8. The van der Waals surface area contributed by atoms with Gasteiger partial charge in [-0.2, -0.15) is 0 Å². The highest BCUT2D eigenvalue weighted by Gasteiger charge is 2.30. The maximum atomic E-state index is 4.83. The maximum Gasteiger partial charge on any atom is 0.149 e. The highest BCUT2D eigenvalue weighted by atomic mass is 15.2. The molecule has 166 valence electrons. The average Bonchev–Trinajstić information content (AvgIpc) is 3.28. The minimum absolute atomic E-state index is 0.284. The monoisotopic (exact) mass is 427 g/mol. The number of nitrogens with one attached hydrogen (secondary N) is 1. The van der Waals surface area contributed by atoms with E-state index in [-0.39, 0.29) is 6.04 Å². The number of hydrogen-bond donors (Lipinski definition) is 1. The van der Waals surface area contributed by atoms with Gasteiger partial charge in [-0.3, -0.25) is 4.99 Å². The Bertz CT molecular complexity index is 1120. The Kier molecular flexibility index (Phi) is 6.17. The number of aromatic nitrogens is 2. The van der Waals surface area contributed by atoms with Crippen LogP contribution in [0.4, 0.5) is 11.5 Å². The number of nitrogens with zero attached hydrogens (tertiary/aromatic N) is 4. The van der Waals surface area contributed by atoms with E-state index in [1.54, 1.807) is 6.08 Å². The summed E-state index contributed by atoms with van der Waals surface area (Å²) in [6, 6.07) is 4.79. The average molecular weight is 428 g/mol. The van der Waals surface area contributed by atoms with Gasteiger partial charge in [-0.25, -0.2) is 4.98 Å². The number of aryl methyl sites for hydroxylation is 3. The summed E-state index contributed by atoms with van der Waals surface area (Å²) in [6.45, 7) is 19.5. The molecule has 1 atom stereocenters. The van der Waals surface area contributed by atoms with Crippen LogP contribution >= 0.6 is 0 Å². The normalized spacial score (nSPS) is 17.2. The zero-order chi connectivity index (χ0) is 22.8. The first kappa shape index (κ1) is 21.9. The van der Waals surface area contributed by atoms with Gasteiger partial charge in [0.25, 0.3) is 0 Å². The number of allylic oxidation sites excluding steroid dienone is 1. The highest BCUT2D eigenvalue weighted by molar-refractivity contribution is 5.84. The molecule has 5 nitrogen and oxygen atoms in total. The predicted octanol–water partition coefficient (Wildman–Crippen LogP) is 6.03. The van der Waals surface area contributed by atoms with Crippen LogP contribution in [0.1, 0.15) is 48.2 Å². The molecule has 0 aliphatic carbocycles. The first-order valence-corrected chi connectivity index (χ1v) is 11.3. The molecule has 1 unspecified atom stereocenters. The van der Waals surface area contributed by atoms with Crippen LogP contribution in [0, 0.1) is 6.92 Å². The Morgan fingerprint density at radius 1 is 1.28 bits per heavy atom. The summed E-state index contributed by atoms with van der Waals surface area (Å²) < 4.78 is 1.95. The second-order valence-corrected chi connectivity index (χ2v) is 8.91. The van der Waals surface area contributed by atoms with Gasteiger partial charge in [0.15, 0.2) is 0 Å². The summed E-state index contributed by atoms with van der Waals surface area (Å²) in [7, 11) is 1.96. The molecule has 4 rings (SSSR count). The molecule has 0 saturated carbocycles. The Labute approximate surface area is 191 Å². The second kappa shape index (κ2) is 9.03. The van der Waals surface area contributed by atoms with Crippen molar-refractivity contribution in [3.63, 3.8) is 0 Å². The molecule has 0 amide bonds. The molecular weight excluding hydrogens is 394 g/mol. The Morgan fingerprint density at radius 3 is 2.84 bits per heavy atom. The number of hydrogen-bond acceptors (Lipinski definition) is 4. The van der Waals surface area contributed by atoms with E-state index in [0.29, 0.717) is 0 Å². The third kappa shape index (κ3) is 4.47. The van der Waals surface area contributed by atoms with Crippen LogP contribution in [0.5, 0.6) is 0 Å². The van der Waals surface area contributed by atoms with Gasteiger partial charge in [0.1, 0.15) is 11.6 Å². The molecule has 1 N–H and O–H groups in total. The number of fused-ring (bicyclic) bond motifs is 2. The summed E-state index contributed by atoms with van der Waals surface area (Å²) in [4.78, 5) is 11.6. The lowest BCUT2D eigenvalue weighted by Gasteiger charge is -2.24. The molecule has 32 heavy (non-hydrogen) atoms. The Hall–Kier alpha value is -3.34. The summed E-state index contributed by atoms with van der Waals surface area (Å²) in [5.41, 5.74) is 8.15. The fourth-order valence-corrected chi connectivity index (χ4v) is 4.55. The lowest BCUT2D eigenvalue weighted by molar-refractivity contribution is 0.454. The number of anilines is 1. The van der Waals surface area contributed by atoms with Gasteiger partial charge in [-0.1, -0.05) is 31.9 Å². The largest absolute Gasteiger partial charge is 0.359 e. The number of rotatable bonds is 8. The fraction of sp³-hybridized carbons (Fsp3) is 0.333.